The zero-order chi connectivity index (χ0) is 17.3. The number of fused-ring (bicyclic) bond motifs is 1. The van der Waals surface area contributed by atoms with Gasteiger partial charge >= 0.3 is 0 Å². The van der Waals surface area contributed by atoms with Gasteiger partial charge in [0.05, 0.1) is 18.6 Å². The van der Waals surface area contributed by atoms with Gasteiger partial charge in [-0.1, -0.05) is 24.3 Å². The summed E-state index contributed by atoms with van der Waals surface area (Å²) in [4.78, 5) is 4.45. The molecule has 2 aromatic carbocycles. The number of nitrogens with zero attached hydrogens (tertiary/aromatic N) is 3. The monoisotopic (exact) mass is 345 g/mol. The molecular weight excluding hydrogens is 326 g/mol. The summed E-state index contributed by atoms with van der Waals surface area (Å²) in [6, 6.07) is 10.6. The first-order chi connectivity index (χ1) is 11.4. The van der Waals surface area contributed by atoms with E-state index in [9.17, 15) is 8.42 Å². The largest absolute Gasteiger partial charge is 0.496 e. The van der Waals surface area contributed by atoms with Gasteiger partial charge in [-0.2, -0.15) is 4.31 Å². The quantitative estimate of drug-likeness (QED) is 0.712. The maximum absolute atomic E-state index is 13.0. The average Bonchev–Trinajstić information content (AvgIpc) is 2.98. The smallest absolute Gasteiger partial charge is 0.243 e. The van der Waals surface area contributed by atoms with Crippen LogP contribution in [0.4, 0.5) is 0 Å². The van der Waals surface area contributed by atoms with Gasteiger partial charge in [-0.3, -0.25) is 0 Å². The molecule has 0 N–H and O–H groups in total. The van der Waals surface area contributed by atoms with Crippen LogP contribution in [0.5, 0.6) is 5.75 Å². The second-order valence-corrected chi connectivity index (χ2v) is 7.54. The second kappa shape index (κ2) is 6.26. The summed E-state index contributed by atoms with van der Waals surface area (Å²) < 4.78 is 34.5. The van der Waals surface area contributed by atoms with Gasteiger partial charge in [-0.05, 0) is 12.1 Å². The molecule has 0 saturated carbocycles. The summed E-state index contributed by atoms with van der Waals surface area (Å²) in [5.41, 5.74) is 0. The van der Waals surface area contributed by atoms with Crippen LogP contribution < -0.4 is 4.74 Å². The fourth-order valence-corrected chi connectivity index (χ4v) is 3.96. The predicted octanol–water partition coefficient (Wildman–Crippen LogP) is 2.40. The fraction of sp³-hybridized carbons (Fsp3) is 0.235. The Labute approximate surface area is 141 Å². The van der Waals surface area contributed by atoms with Gasteiger partial charge in [0.2, 0.25) is 10.0 Å². The van der Waals surface area contributed by atoms with E-state index in [1.807, 2.05) is 25.2 Å². The van der Waals surface area contributed by atoms with Crippen LogP contribution in [0, 0.1) is 0 Å². The Bertz CT molecular complexity index is 980. The highest BCUT2D eigenvalue weighted by Gasteiger charge is 2.25. The molecule has 1 heterocycles. The van der Waals surface area contributed by atoms with Crippen LogP contribution >= 0.6 is 0 Å². The number of aromatic nitrogens is 2. The first-order valence-corrected chi connectivity index (χ1v) is 8.87. The minimum Gasteiger partial charge on any atom is -0.496 e. The van der Waals surface area contributed by atoms with Crippen LogP contribution in [0.15, 0.2) is 53.7 Å². The standard InChI is InChI=1S/C17H19N3O3S/c1-19-11-10-18-17(19)12-20(2)24(21,22)16-9-8-15(23-3)13-6-4-5-7-14(13)16/h4-11H,12H2,1-3H3. The maximum atomic E-state index is 13.0. The van der Waals surface area contributed by atoms with Crippen molar-refractivity contribution in [2.45, 2.75) is 11.4 Å². The lowest BCUT2D eigenvalue weighted by Crippen LogP contribution is -2.28. The molecule has 0 saturated heterocycles. The third-order valence-corrected chi connectivity index (χ3v) is 5.90. The third-order valence-electron chi connectivity index (χ3n) is 4.04. The average molecular weight is 345 g/mol. The van der Waals surface area contributed by atoms with Crippen molar-refractivity contribution in [2.75, 3.05) is 14.2 Å². The van der Waals surface area contributed by atoms with Gasteiger partial charge in [-0.15, -0.1) is 0 Å². The van der Waals surface area contributed by atoms with Crippen molar-refractivity contribution < 1.29 is 13.2 Å². The molecule has 7 heteroatoms. The topological polar surface area (TPSA) is 64.4 Å². The number of methoxy groups -OCH3 is 1. The van der Waals surface area contributed by atoms with Crippen LogP contribution in [0.25, 0.3) is 10.8 Å². The van der Waals surface area contributed by atoms with Gasteiger partial charge in [0, 0.05) is 37.3 Å². The highest BCUT2D eigenvalue weighted by atomic mass is 32.2. The molecule has 0 spiro atoms. The van der Waals surface area contributed by atoms with E-state index in [0.717, 1.165) is 5.39 Å². The molecule has 0 aliphatic heterocycles. The Morgan fingerprint density at radius 1 is 1.17 bits per heavy atom. The van der Waals surface area contributed by atoms with E-state index in [1.54, 1.807) is 49.3 Å². The van der Waals surface area contributed by atoms with Crippen molar-refractivity contribution in [3.05, 3.63) is 54.6 Å². The Kier molecular flexibility index (Phi) is 4.29. The molecule has 0 radical (unpaired) electrons. The van der Waals surface area contributed by atoms with E-state index in [4.69, 9.17) is 4.74 Å². The SMILES string of the molecule is COc1ccc(S(=O)(=O)N(C)Cc2nccn2C)c2ccccc12. The van der Waals surface area contributed by atoms with Gasteiger partial charge in [0.15, 0.2) is 0 Å². The maximum Gasteiger partial charge on any atom is 0.243 e. The van der Waals surface area contributed by atoms with Gasteiger partial charge in [0.1, 0.15) is 11.6 Å². The van der Waals surface area contributed by atoms with Crippen molar-refractivity contribution in [1.82, 2.24) is 13.9 Å². The molecule has 6 nitrogen and oxygen atoms in total. The Morgan fingerprint density at radius 2 is 1.88 bits per heavy atom. The number of rotatable bonds is 5. The van der Waals surface area contributed by atoms with Crippen molar-refractivity contribution in [3.8, 4) is 5.75 Å². The summed E-state index contributed by atoms with van der Waals surface area (Å²) >= 11 is 0. The summed E-state index contributed by atoms with van der Waals surface area (Å²) in [6.45, 7) is 0.201. The van der Waals surface area contributed by atoms with Crippen LogP contribution in [-0.4, -0.2) is 36.4 Å². The van der Waals surface area contributed by atoms with Crippen LogP contribution in [0.1, 0.15) is 5.82 Å². The van der Waals surface area contributed by atoms with Gasteiger partial charge in [0.25, 0.3) is 0 Å². The highest BCUT2D eigenvalue weighted by molar-refractivity contribution is 7.89. The zero-order valence-electron chi connectivity index (χ0n) is 13.8. The molecule has 3 aromatic rings. The van der Waals surface area contributed by atoms with Crippen molar-refractivity contribution in [2.24, 2.45) is 7.05 Å². The molecule has 126 valence electrons. The number of sulfonamides is 1. The third kappa shape index (κ3) is 2.76. The Morgan fingerprint density at radius 3 is 2.50 bits per heavy atom. The first kappa shape index (κ1) is 16.5. The lowest BCUT2D eigenvalue weighted by molar-refractivity contribution is 0.419. The van der Waals surface area contributed by atoms with E-state index >= 15 is 0 Å². The van der Waals surface area contributed by atoms with E-state index in [-0.39, 0.29) is 11.4 Å². The zero-order valence-corrected chi connectivity index (χ0v) is 14.6. The van der Waals surface area contributed by atoms with Crippen LogP contribution in [0.2, 0.25) is 0 Å². The summed E-state index contributed by atoms with van der Waals surface area (Å²) in [5, 5.41) is 1.41. The predicted molar refractivity (Wildman–Crippen MR) is 92.4 cm³/mol. The molecule has 0 unspecified atom stereocenters. The fourth-order valence-electron chi connectivity index (χ4n) is 2.65. The number of imidazole rings is 1. The Hall–Kier alpha value is -2.38. The number of hydrogen-bond acceptors (Lipinski definition) is 4. The molecule has 0 fully saturated rings. The van der Waals surface area contributed by atoms with Crippen LogP contribution in [0.3, 0.4) is 0 Å². The molecule has 0 atom stereocenters. The molecule has 0 bridgehead atoms. The minimum absolute atomic E-state index is 0.201. The molecule has 24 heavy (non-hydrogen) atoms. The van der Waals surface area contributed by atoms with Gasteiger partial charge < -0.3 is 9.30 Å². The minimum atomic E-state index is -3.66. The lowest BCUT2D eigenvalue weighted by Gasteiger charge is -2.19. The molecule has 0 amide bonds. The van der Waals surface area contributed by atoms with E-state index < -0.39 is 10.0 Å². The van der Waals surface area contributed by atoms with Crippen molar-refractivity contribution in [1.29, 1.82) is 0 Å². The molecule has 3 rings (SSSR count). The summed E-state index contributed by atoms with van der Waals surface area (Å²) in [7, 11) is 1.31. The van der Waals surface area contributed by atoms with E-state index in [1.165, 1.54) is 4.31 Å². The van der Waals surface area contributed by atoms with Crippen molar-refractivity contribution in [3.63, 3.8) is 0 Å². The van der Waals surface area contributed by atoms with E-state index in [2.05, 4.69) is 4.98 Å². The number of hydrogen-bond donors (Lipinski definition) is 0. The number of aryl methyl sites for hydroxylation is 1. The lowest BCUT2D eigenvalue weighted by atomic mass is 10.1. The molecular formula is C17H19N3O3S. The number of benzene rings is 2. The Balaban J connectivity index is 2.07. The van der Waals surface area contributed by atoms with Gasteiger partial charge in [-0.25, -0.2) is 13.4 Å². The normalized spacial score (nSPS) is 12.0. The molecule has 0 aliphatic carbocycles. The van der Waals surface area contributed by atoms with E-state index in [0.29, 0.717) is 17.0 Å². The van der Waals surface area contributed by atoms with Crippen LogP contribution in [-0.2, 0) is 23.6 Å². The second-order valence-electron chi connectivity index (χ2n) is 5.53. The summed E-state index contributed by atoms with van der Waals surface area (Å²) in [6.07, 6.45) is 3.44. The van der Waals surface area contributed by atoms with Crippen molar-refractivity contribution >= 4 is 20.8 Å². The molecule has 1 aromatic heterocycles. The molecule has 0 aliphatic rings. The number of ether oxygens (including phenoxy) is 1. The first-order valence-electron chi connectivity index (χ1n) is 7.43. The summed E-state index contributed by atoms with van der Waals surface area (Å²) in [5.74, 6) is 1.33. The highest BCUT2D eigenvalue weighted by Crippen LogP contribution is 2.32.